The average molecular weight is 207 g/mol. The van der Waals surface area contributed by atoms with Crippen LogP contribution in [0.5, 0.6) is 0 Å². The average Bonchev–Trinajstić information content (AvgIpc) is 2.26. The Balaban J connectivity index is 2.95. The van der Waals surface area contributed by atoms with Crippen LogP contribution in [0.1, 0.15) is 64.2 Å². The predicted octanol–water partition coefficient (Wildman–Crippen LogP) is 5.46. The first-order chi connectivity index (χ1) is 7.41. The normalized spacial score (nSPS) is 11.0. The second-order valence-electron chi connectivity index (χ2n) is 4.10. The molecule has 0 aromatic heterocycles. The molecule has 0 saturated heterocycles. The molecule has 0 aliphatic carbocycles. The molecule has 15 heavy (non-hydrogen) atoms. The molecule has 0 aromatic rings. The molecule has 0 aromatic carbocycles. The van der Waals surface area contributed by atoms with Crippen LogP contribution < -0.4 is 0 Å². The van der Waals surface area contributed by atoms with Crippen molar-refractivity contribution in [3.63, 3.8) is 0 Å². The highest BCUT2D eigenvalue weighted by molar-refractivity contribution is 4.81. The minimum absolute atomic E-state index is 1.03. The summed E-state index contributed by atoms with van der Waals surface area (Å²) in [5.74, 6) is 0. The molecule has 0 N–H and O–H groups in total. The van der Waals surface area contributed by atoms with Gasteiger partial charge in [0, 0.05) is 0 Å². The van der Waals surface area contributed by atoms with Crippen molar-refractivity contribution in [2.75, 3.05) is 0 Å². The van der Waals surface area contributed by atoms with Crippen LogP contribution in [0, 0.1) is 6.92 Å². The van der Waals surface area contributed by atoms with Gasteiger partial charge in [-0.3, -0.25) is 0 Å². The van der Waals surface area contributed by atoms with Crippen LogP contribution in [0.15, 0.2) is 24.8 Å². The van der Waals surface area contributed by atoms with Gasteiger partial charge in [0.1, 0.15) is 0 Å². The Morgan fingerprint density at radius 2 is 1.20 bits per heavy atom. The molecule has 1 radical (unpaired) electrons. The zero-order valence-electron chi connectivity index (χ0n) is 10.2. The van der Waals surface area contributed by atoms with Crippen LogP contribution in [-0.2, 0) is 0 Å². The SMILES string of the molecule is [CH2]CC/C=C/CCCCCCCCC=C. The van der Waals surface area contributed by atoms with Crippen LogP contribution in [0.2, 0.25) is 0 Å². The van der Waals surface area contributed by atoms with Crippen LogP contribution in [0.4, 0.5) is 0 Å². The van der Waals surface area contributed by atoms with Gasteiger partial charge in [0.25, 0.3) is 0 Å². The fourth-order valence-corrected chi connectivity index (χ4v) is 1.61. The summed E-state index contributed by atoms with van der Waals surface area (Å²) in [5, 5.41) is 0. The Morgan fingerprint density at radius 3 is 1.80 bits per heavy atom. The molecule has 0 spiro atoms. The van der Waals surface area contributed by atoms with E-state index in [1.165, 1.54) is 51.4 Å². The Morgan fingerprint density at radius 1 is 0.667 bits per heavy atom. The standard InChI is InChI=1S/C15H27/c1-3-5-7-9-11-13-15-14-12-10-8-6-4-2/h3,8,10H,1-2,4-7,9,11-15H2/b10-8+. The van der Waals surface area contributed by atoms with E-state index < -0.39 is 0 Å². The third-order valence-electron chi connectivity index (χ3n) is 2.57. The van der Waals surface area contributed by atoms with Crippen molar-refractivity contribution >= 4 is 0 Å². The zero-order chi connectivity index (χ0) is 11.2. The highest BCUT2D eigenvalue weighted by Gasteiger charge is 1.89. The molecule has 0 atom stereocenters. The van der Waals surface area contributed by atoms with Crippen molar-refractivity contribution in [1.82, 2.24) is 0 Å². The minimum atomic E-state index is 1.03. The maximum Gasteiger partial charge on any atom is -0.0351 e. The molecular formula is C15H27. The topological polar surface area (TPSA) is 0 Å². The Kier molecular flexibility index (Phi) is 13.0. The molecule has 0 saturated carbocycles. The second kappa shape index (κ2) is 13.5. The van der Waals surface area contributed by atoms with Gasteiger partial charge >= 0.3 is 0 Å². The number of allylic oxidation sites excluding steroid dienone is 3. The maximum atomic E-state index is 3.81. The quantitative estimate of drug-likeness (QED) is 0.311. The first kappa shape index (κ1) is 14.5. The highest BCUT2D eigenvalue weighted by Crippen LogP contribution is 2.09. The fraction of sp³-hybridized carbons (Fsp3) is 0.667. The van der Waals surface area contributed by atoms with Crippen molar-refractivity contribution < 1.29 is 0 Å². The molecule has 0 heteroatoms. The summed E-state index contributed by atoms with van der Waals surface area (Å²) in [6, 6.07) is 0. The molecule has 0 aliphatic rings. The lowest BCUT2D eigenvalue weighted by atomic mass is 10.1. The van der Waals surface area contributed by atoms with Gasteiger partial charge in [0.15, 0.2) is 0 Å². The summed E-state index contributed by atoms with van der Waals surface area (Å²) < 4.78 is 0. The van der Waals surface area contributed by atoms with E-state index in [0.717, 1.165) is 12.8 Å². The van der Waals surface area contributed by atoms with E-state index in [9.17, 15) is 0 Å². The monoisotopic (exact) mass is 207 g/mol. The largest absolute Gasteiger partial charge is 0.103 e. The summed E-state index contributed by atoms with van der Waals surface area (Å²) in [6.45, 7) is 7.54. The van der Waals surface area contributed by atoms with E-state index in [1.54, 1.807) is 0 Å². The first-order valence-corrected chi connectivity index (χ1v) is 6.47. The van der Waals surface area contributed by atoms with E-state index in [1.807, 2.05) is 6.08 Å². The summed E-state index contributed by atoms with van der Waals surface area (Å²) >= 11 is 0. The number of hydrogen-bond donors (Lipinski definition) is 0. The molecule has 0 amide bonds. The lowest BCUT2D eigenvalue weighted by Crippen LogP contribution is -1.79. The highest BCUT2D eigenvalue weighted by atomic mass is 14.0. The van der Waals surface area contributed by atoms with Gasteiger partial charge in [0.05, 0.1) is 0 Å². The smallest absolute Gasteiger partial charge is 0.0351 e. The Labute approximate surface area is 96.5 Å². The van der Waals surface area contributed by atoms with Gasteiger partial charge in [-0.05, 0) is 38.5 Å². The molecule has 0 rings (SSSR count). The molecular weight excluding hydrogens is 180 g/mol. The van der Waals surface area contributed by atoms with Crippen molar-refractivity contribution in [3.05, 3.63) is 31.7 Å². The Hall–Kier alpha value is -0.520. The molecule has 0 nitrogen and oxygen atoms in total. The van der Waals surface area contributed by atoms with E-state index in [0.29, 0.717) is 0 Å². The lowest BCUT2D eigenvalue weighted by Gasteiger charge is -1.98. The molecule has 0 heterocycles. The summed E-state index contributed by atoms with van der Waals surface area (Å²) in [6.07, 6.45) is 19.5. The van der Waals surface area contributed by atoms with Crippen LogP contribution in [-0.4, -0.2) is 0 Å². The van der Waals surface area contributed by atoms with Crippen LogP contribution in [0.3, 0.4) is 0 Å². The molecule has 0 bridgehead atoms. The van der Waals surface area contributed by atoms with Gasteiger partial charge < -0.3 is 0 Å². The third kappa shape index (κ3) is 13.5. The van der Waals surface area contributed by atoms with Crippen molar-refractivity contribution in [3.8, 4) is 0 Å². The van der Waals surface area contributed by atoms with E-state index in [2.05, 4.69) is 25.7 Å². The maximum absolute atomic E-state index is 3.81. The van der Waals surface area contributed by atoms with Gasteiger partial charge in [-0.1, -0.05) is 50.8 Å². The Bertz CT molecular complexity index is 144. The number of unbranched alkanes of at least 4 members (excludes halogenated alkanes) is 8. The predicted molar refractivity (Wildman–Crippen MR) is 70.9 cm³/mol. The van der Waals surface area contributed by atoms with Gasteiger partial charge in [-0.25, -0.2) is 0 Å². The molecule has 0 fully saturated rings. The summed E-state index contributed by atoms with van der Waals surface area (Å²) in [7, 11) is 0. The van der Waals surface area contributed by atoms with Crippen LogP contribution >= 0.6 is 0 Å². The molecule has 0 aliphatic heterocycles. The lowest BCUT2D eigenvalue weighted by molar-refractivity contribution is 0.600. The number of hydrogen-bond acceptors (Lipinski definition) is 0. The molecule has 87 valence electrons. The number of rotatable bonds is 11. The van der Waals surface area contributed by atoms with Gasteiger partial charge in [-0.2, -0.15) is 0 Å². The van der Waals surface area contributed by atoms with Crippen molar-refractivity contribution in [2.24, 2.45) is 0 Å². The second-order valence-corrected chi connectivity index (χ2v) is 4.10. The zero-order valence-corrected chi connectivity index (χ0v) is 10.2. The van der Waals surface area contributed by atoms with Gasteiger partial charge in [0.2, 0.25) is 0 Å². The van der Waals surface area contributed by atoms with E-state index in [4.69, 9.17) is 0 Å². The minimum Gasteiger partial charge on any atom is -0.103 e. The van der Waals surface area contributed by atoms with E-state index >= 15 is 0 Å². The summed E-state index contributed by atoms with van der Waals surface area (Å²) in [5.41, 5.74) is 0. The van der Waals surface area contributed by atoms with Crippen molar-refractivity contribution in [1.29, 1.82) is 0 Å². The van der Waals surface area contributed by atoms with Gasteiger partial charge in [-0.15, -0.1) is 6.58 Å². The third-order valence-corrected chi connectivity index (χ3v) is 2.57. The van der Waals surface area contributed by atoms with Crippen molar-refractivity contribution in [2.45, 2.75) is 64.2 Å². The summed E-state index contributed by atoms with van der Waals surface area (Å²) in [4.78, 5) is 0. The fourth-order valence-electron chi connectivity index (χ4n) is 1.61. The van der Waals surface area contributed by atoms with Crippen LogP contribution in [0.25, 0.3) is 0 Å². The first-order valence-electron chi connectivity index (χ1n) is 6.47. The molecule has 0 unspecified atom stereocenters. The van der Waals surface area contributed by atoms with E-state index in [-0.39, 0.29) is 0 Å².